The molecule has 1 aromatic heterocycles. The van der Waals surface area contributed by atoms with Gasteiger partial charge in [-0.1, -0.05) is 0 Å². The standard InChI is InChI=1S/C15H16ClN3O3/c1-3-17-12-9-18-15(16)19-13(12)22-11-7-5-10(6-8-11)14(20)21-4-2/h5-9,17H,3-4H2,1-2H3. The molecular formula is C15H16ClN3O3. The van der Waals surface area contributed by atoms with Gasteiger partial charge in [-0.05, 0) is 49.7 Å². The third-order valence-electron chi connectivity index (χ3n) is 2.67. The van der Waals surface area contributed by atoms with Gasteiger partial charge in [0, 0.05) is 6.54 Å². The van der Waals surface area contributed by atoms with Crippen molar-refractivity contribution >= 4 is 23.3 Å². The lowest BCUT2D eigenvalue weighted by Gasteiger charge is -2.11. The molecule has 7 heteroatoms. The van der Waals surface area contributed by atoms with Gasteiger partial charge in [-0.2, -0.15) is 4.98 Å². The minimum Gasteiger partial charge on any atom is -0.462 e. The van der Waals surface area contributed by atoms with E-state index in [1.165, 1.54) is 0 Å². The lowest BCUT2D eigenvalue weighted by molar-refractivity contribution is 0.0526. The molecule has 0 radical (unpaired) electrons. The second kappa shape index (κ2) is 7.61. The van der Waals surface area contributed by atoms with Crippen molar-refractivity contribution < 1.29 is 14.3 Å². The molecule has 2 aromatic rings. The summed E-state index contributed by atoms with van der Waals surface area (Å²) < 4.78 is 10.6. The minimum absolute atomic E-state index is 0.0970. The number of carbonyl (C=O) groups is 1. The minimum atomic E-state index is -0.368. The van der Waals surface area contributed by atoms with E-state index in [2.05, 4.69) is 15.3 Å². The van der Waals surface area contributed by atoms with E-state index >= 15 is 0 Å². The number of nitrogens with one attached hydrogen (secondary N) is 1. The molecule has 0 bridgehead atoms. The number of halogens is 1. The highest BCUT2D eigenvalue weighted by Crippen LogP contribution is 2.28. The van der Waals surface area contributed by atoms with E-state index in [1.54, 1.807) is 37.4 Å². The van der Waals surface area contributed by atoms with Crippen molar-refractivity contribution in [3.8, 4) is 11.6 Å². The van der Waals surface area contributed by atoms with E-state index < -0.39 is 0 Å². The average Bonchev–Trinajstić information content (AvgIpc) is 2.51. The SMILES string of the molecule is CCNc1cnc(Cl)nc1Oc1ccc(C(=O)OCC)cc1. The lowest BCUT2D eigenvalue weighted by Crippen LogP contribution is -2.04. The molecule has 0 saturated heterocycles. The first-order valence-corrected chi connectivity index (χ1v) is 7.23. The fourth-order valence-electron chi connectivity index (χ4n) is 1.72. The number of aromatic nitrogens is 2. The van der Waals surface area contributed by atoms with Crippen LogP contribution in [0.25, 0.3) is 0 Å². The largest absolute Gasteiger partial charge is 0.462 e. The zero-order valence-corrected chi connectivity index (χ0v) is 13.1. The van der Waals surface area contributed by atoms with Gasteiger partial charge in [0.05, 0.1) is 18.4 Å². The number of esters is 1. The van der Waals surface area contributed by atoms with E-state index in [-0.39, 0.29) is 11.3 Å². The highest BCUT2D eigenvalue weighted by atomic mass is 35.5. The zero-order valence-electron chi connectivity index (χ0n) is 12.3. The first-order chi connectivity index (χ1) is 10.6. The summed E-state index contributed by atoms with van der Waals surface area (Å²) >= 11 is 5.79. The van der Waals surface area contributed by atoms with E-state index in [0.29, 0.717) is 36.0 Å². The molecule has 0 aliphatic heterocycles. The summed E-state index contributed by atoms with van der Waals surface area (Å²) in [6.07, 6.45) is 1.56. The van der Waals surface area contributed by atoms with Gasteiger partial charge < -0.3 is 14.8 Å². The molecule has 0 aliphatic carbocycles. The molecule has 2 rings (SSSR count). The molecule has 0 unspecified atom stereocenters. The normalized spacial score (nSPS) is 10.1. The van der Waals surface area contributed by atoms with Crippen molar-refractivity contribution in [1.29, 1.82) is 0 Å². The van der Waals surface area contributed by atoms with Crippen molar-refractivity contribution in [2.24, 2.45) is 0 Å². The van der Waals surface area contributed by atoms with Crippen LogP contribution in [0.3, 0.4) is 0 Å². The number of ether oxygens (including phenoxy) is 2. The predicted octanol–water partition coefficient (Wildman–Crippen LogP) is 3.53. The van der Waals surface area contributed by atoms with Crippen LogP contribution >= 0.6 is 11.6 Å². The molecule has 0 atom stereocenters. The second-order valence-corrected chi connectivity index (χ2v) is 4.57. The summed E-state index contributed by atoms with van der Waals surface area (Å²) in [6, 6.07) is 6.59. The van der Waals surface area contributed by atoms with Gasteiger partial charge in [-0.3, -0.25) is 0 Å². The molecule has 0 fully saturated rings. The maximum atomic E-state index is 11.6. The molecule has 6 nitrogen and oxygen atoms in total. The third-order valence-corrected chi connectivity index (χ3v) is 2.85. The fourth-order valence-corrected chi connectivity index (χ4v) is 1.85. The van der Waals surface area contributed by atoms with Gasteiger partial charge in [-0.15, -0.1) is 0 Å². The third kappa shape index (κ3) is 4.08. The Morgan fingerprint density at radius 1 is 1.27 bits per heavy atom. The number of nitrogens with zero attached hydrogens (tertiary/aromatic N) is 2. The van der Waals surface area contributed by atoms with E-state index in [9.17, 15) is 4.79 Å². The first kappa shape index (κ1) is 16.0. The van der Waals surface area contributed by atoms with E-state index in [1.807, 2.05) is 6.92 Å². The lowest BCUT2D eigenvalue weighted by atomic mass is 10.2. The first-order valence-electron chi connectivity index (χ1n) is 6.85. The maximum absolute atomic E-state index is 11.6. The van der Waals surface area contributed by atoms with Crippen LogP contribution < -0.4 is 10.1 Å². The Balaban J connectivity index is 2.17. The Bertz CT molecular complexity index is 647. The van der Waals surface area contributed by atoms with Crippen molar-refractivity contribution in [2.45, 2.75) is 13.8 Å². The van der Waals surface area contributed by atoms with Crippen LogP contribution in [0, 0.1) is 0 Å². The average molecular weight is 322 g/mol. The van der Waals surface area contributed by atoms with Crippen LogP contribution in [0.5, 0.6) is 11.6 Å². The zero-order chi connectivity index (χ0) is 15.9. The molecule has 0 aliphatic rings. The van der Waals surface area contributed by atoms with Gasteiger partial charge in [-0.25, -0.2) is 9.78 Å². The fraction of sp³-hybridized carbons (Fsp3) is 0.267. The monoisotopic (exact) mass is 321 g/mol. The Labute approximate surface area is 133 Å². The number of rotatable bonds is 6. The van der Waals surface area contributed by atoms with Crippen LogP contribution in [0.1, 0.15) is 24.2 Å². The molecule has 116 valence electrons. The topological polar surface area (TPSA) is 73.3 Å². The summed E-state index contributed by atoms with van der Waals surface area (Å²) in [5.74, 6) is 0.486. The predicted molar refractivity (Wildman–Crippen MR) is 83.7 cm³/mol. The Morgan fingerprint density at radius 2 is 2.00 bits per heavy atom. The molecule has 0 amide bonds. The summed E-state index contributed by atoms with van der Waals surface area (Å²) in [7, 11) is 0. The van der Waals surface area contributed by atoms with Gasteiger partial charge in [0.2, 0.25) is 11.2 Å². The van der Waals surface area contributed by atoms with Gasteiger partial charge in [0.1, 0.15) is 11.4 Å². The van der Waals surface area contributed by atoms with Crippen molar-refractivity contribution in [2.75, 3.05) is 18.5 Å². The van der Waals surface area contributed by atoms with Crippen molar-refractivity contribution in [3.05, 3.63) is 41.3 Å². The van der Waals surface area contributed by atoms with Crippen molar-refractivity contribution in [3.63, 3.8) is 0 Å². The Hall–Kier alpha value is -2.34. The highest BCUT2D eigenvalue weighted by Gasteiger charge is 2.10. The molecule has 22 heavy (non-hydrogen) atoms. The molecule has 1 N–H and O–H groups in total. The maximum Gasteiger partial charge on any atom is 0.338 e. The van der Waals surface area contributed by atoms with Crippen LogP contribution in [0.15, 0.2) is 30.5 Å². The van der Waals surface area contributed by atoms with Crippen LogP contribution in [-0.4, -0.2) is 29.1 Å². The van der Waals surface area contributed by atoms with Crippen molar-refractivity contribution in [1.82, 2.24) is 9.97 Å². The summed E-state index contributed by atoms with van der Waals surface area (Å²) in [5, 5.41) is 3.18. The quantitative estimate of drug-likeness (QED) is 0.648. The van der Waals surface area contributed by atoms with Gasteiger partial charge in [0.25, 0.3) is 0 Å². The Morgan fingerprint density at radius 3 is 2.64 bits per heavy atom. The molecule has 0 saturated carbocycles. The summed E-state index contributed by atoms with van der Waals surface area (Å²) in [6.45, 7) is 4.74. The van der Waals surface area contributed by atoms with Gasteiger partial charge in [0.15, 0.2) is 0 Å². The molecule has 1 aromatic carbocycles. The van der Waals surface area contributed by atoms with Gasteiger partial charge >= 0.3 is 5.97 Å². The van der Waals surface area contributed by atoms with Crippen LogP contribution in [0.2, 0.25) is 5.28 Å². The smallest absolute Gasteiger partial charge is 0.338 e. The number of hydrogen-bond donors (Lipinski definition) is 1. The van der Waals surface area contributed by atoms with E-state index in [0.717, 1.165) is 0 Å². The molecule has 1 heterocycles. The Kier molecular flexibility index (Phi) is 5.55. The van der Waals surface area contributed by atoms with E-state index in [4.69, 9.17) is 21.1 Å². The second-order valence-electron chi connectivity index (χ2n) is 4.24. The number of anilines is 1. The molecular weight excluding hydrogens is 306 g/mol. The highest BCUT2D eigenvalue weighted by molar-refractivity contribution is 6.28. The summed E-state index contributed by atoms with van der Waals surface area (Å²) in [5.41, 5.74) is 1.10. The number of carbonyl (C=O) groups excluding carboxylic acids is 1. The van der Waals surface area contributed by atoms with Crippen LogP contribution in [0.4, 0.5) is 5.69 Å². The number of benzene rings is 1. The van der Waals surface area contributed by atoms with Crippen LogP contribution in [-0.2, 0) is 4.74 Å². The summed E-state index contributed by atoms with van der Waals surface area (Å²) in [4.78, 5) is 19.5. The number of hydrogen-bond acceptors (Lipinski definition) is 6. The molecule has 0 spiro atoms.